The van der Waals surface area contributed by atoms with Gasteiger partial charge in [0, 0.05) is 12.6 Å². The average molecular weight is 307 g/mol. The molecule has 0 fully saturated rings. The molecule has 1 aromatic rings. The summed E-state index contributed by atoms with van der Waals surface area (Å²) >= 11 is 0. The molecule has 0 aliphatic rings. The largest absolute Gasteiger partial charge is 0.494 e. The van der Waals surface area contributed by atoms with E-state index in [0.29, 0.717) is 13.2 Å². The van der Waals surface area contributed by atoms with Crippen molar-refractivity contribution in [3.05, 3.63) is 30.3 Å². The second-order valence-corrected chi connectivity index (χ2v) is 5.43. The zero-order chi connectivity index (χ0) is 16.4. The van der Waals surface area contributed by atoms with Crippen LogP contribution in [0.4, 0.5) is 4.79 Å². The number of hydrogen-bond donors (Lipinski definition) is 2. The maximum absolute atomic E-state index is 11.7. The molecule has 1 rings (SSSR count). The van der Waals surface area contributed by atoms with Gasteiger partial charge in [-0.25, -0.2) is 4.79 Å². The van der Waals surface area contributed by atoms with Crippen molar-refractivity contribution < 1.29 is 14.3 Å². The van der Waals surface area contributed by atoms with Crippen molar-refractivity contribution in [3.8, 4) is 5.75 Å². The first-order valence-electron chi connectivity index (χ1n) is 7.44. The van der Waals surface area contributed by atoms with E-state index in [1.54, 1.807) is 0 Å². The summed E-state index contributed by atoms with van der Waals surface area (Å²) in [5.74, 6) is 0.526. The molecule has 0 heterocycles. The van der Waals surface area contributed by atoms with E-state index in [4.69, 9.17) is 4.74 Å². The molecule has 0 aromatic heterocycles. The predicted octanol–water partition coefficient (Wildman–Crippen LogP) is 1.62. The lowest BCUT2D eigenvalue weighted by molar-refractivity contribution is -0.120. The number of benzene rings is 1. The van der Waals surface area contributed by atoms with Crippen LogP contribution in [0.15, 0.2) is 30.3 Å². The zero-order valence-corrected chi connectivity index (χ0v) is 13.5. The molecule has 1 aromatic carbocycles. The summed E-state index contributed by atoms with van der Waals surface area (Å²) in [6.07, 6.45) is 0.802. The Morgan fingerprint density at radius 1 is 1.23 bits per heavy atom. The summed E-state index contributed by atoms with van der Waals surface area (Å²) < 4.78 is 5.58. The molecule has 3 amide bonds. The van der Waals surface area contributed by atoms with Gasteiger partial charge in [0.1, 0.15) is 5.75 Å². The number of urea groups is 1. The van der Waals surface area contributed by atoms with E-state index in [1.165, 1.54) is 0 Å². The molecule has 0 unspecified atom stereocenters. The standard InChI is InChI=1S/C16H25N3O3/c1-13(2)17-16(21)18-15(20)12-19(3)10-7-11-22-14-8-5-4-6-9-14/h4-6,8-9,13H,7,10-12H2,1-3H3,(H2,17,18,20,21). The summed E-state index contributed by atoms with van der Waals surface area (Å²) in [7, 11) is 1.84. The van der Waals surface area contributed by atoms with Crippen molar-refractivity contribution in [1.82, 2.24) is 15.5 Å². The third-order valence-corrected chi connectivity index (χ3v) is 2.78. The minimum atomic E-state index is -0.458. The van der Waals surface area contributed by atoms with Gasteiger partial charge in [-0.2, -0.15) is 0 Å². The monoisotopic (exact) mass is 307 g/mol. The van der Waals surface area contributed by atoms with Crippen LogP contribution in [0, 0.1) is 0 Å². The minimum absolute atomic E-state index is 0.000616. The summed E-state index contributed by atoms with van der Waals surface area (Å²) in [4.78, 5) is 24.9. The van der Waals surface area contributed by atoms with Gasteiger partial charge in [0.05, 0.1) is 13.2 Å². The number of imide groups is 1. The molecule has 6 heteroatoms. The van der Waals surface area contributed by atoms with Gasteiger partial charge in [-0.15, -0.1) is 0 Å². The molecule has 6 nitrogen and oxygen atoms in total. The first-order chi connectivity index (χ1) is 10.5. The first kappa shape index (κ1) is 18.0. The van der Waals surface area contributed by atoms with Gasteiger partial charge in [-0.1, -0.05) is 18.2 Å². The van der Waals surface area contributed by atoms with Gasteiger partial charge >= 0.3 is 6.03 Å². The zero-order valence-electron chi connectivity index (χ0n) is 13.5. The third kappa shape index (κ3) is 8.26. The van der Waals surface area contributed by atoms with Crippen LogP contribution in [-0.2, 0) is 4.79 Å². The highest BCUT2D eigenvalue weighted by Gasteiger charge is 2.10. The summed E-state index contributed by atoms with van der Waals surface area (Å²) in [5, 5.41) is 4.90. The molecular weight excluding hydrogens is 282 g/mol. The Labute approximate surface area is 131 Å². The lowest BCUT2D eigenvalue weighted by Gasteiger charge is -2.16. The maximum atomic E-state index is 11.7. The highest BCUT2D eigenvalue weighted by molar-refractivity contribution is 5.95. The number of nitrogens with zero attached hydrogens (tertiary/aromatic N) is 1. The second-order valence-electron chi connectivity index (χ2n) is 5.43. The number of rotatable bonds is 8. The molecule has 0 bridgehead atoms. The number of para-hydroxylation sites is 1. The predicted molar refractivity (Wildman–Crippen MR) is 85.9 cm³/mol. The van der Waals surface area contributed by atoms with Crippen LogP contribution < -0.4 is 15.4 Å². The topological polar surface area (TPSA) is 70.7 Å². The van der Waals surface area contributed by atoms with Crippen molar-refractivity contribution in [2.24, 2.45) is 0 Å². The van der Waals surface area contributed by atoms with E-state index < -0.39 is 6.03 Å². The maximum Gasteiger partial charge on any atom is 0.321 e. The molecule has 0 atom stereocenters. The smallest absolute Gasteiger partial charge is 0.321 e. The number of ether oxygens (including phenoxy) is 1. The van der Waals surface area contributed by atoms with Crippen LogP contribution >= 0.6 is 0 Å². The summed E-state index contributed by atoms with van der Waals surface area (Å²) in [5.41, 5.74) is 0. The molecule has 22 heavy (non-hydrogen) atoms. The Balaban J connectivity index is 2.13. The Bertz CT molecular complexity index is 463. The number of carbonyl (C=O) groups is 2. The van der Waals surface area contributed by atoms with Crippen molar-refractivity contribution in [3.63, 3.8) is 0 Å². The summed E-state index contributed by atoms with van der Waals surface area (Å²) in [6, 6.07) is 9.15. The fraction of sp³-hybridized carbons (Fsp3) is 0.500. The quantitative estimate of drug-likeness (QED) is 0.716. The van der Waals surface area contributed by atoms with Crippen LogP contribution in [0.3, 0.4) is 0 Å². The van der Waals surface area contributed by atoms with Crippen LogP contribution in [0.5, 0.6) is 5.75 Å². The summed E-state index contributed by atoms with van der Waals surface area (Å²) in [6.45, 7) is 5.15. The van der Waals surface area contributed by atoms with E-state index in [0.717, 1.165) is 12.2 Å². The van der Waals surface area contributed by atoms with Gasteiger partial charge in [-0.05, 0) is 39.4 Å². The molecule has 0 saturated carbocycles. The number of amides is 3. The van der Waals surface area contributed by atoms with Crippen molar-refractivity contribution in [2.75, 3.05) is 26.7 Å². The van der Waals surface area contributed by atoms with Gasteiger partial charge in [0.15, 0.2) is 0 Å². The van der Waals surface area contributed by atoms with Crippen LogP contribution in [0.1, 0.15) is 20.3 Å². The Morgan fingerprint density at radius 2 is 1.91 bits per heavy atom. The second kappa shape index (κ2) is 9.78. The molecular formula is C16H25N3O3. The fourth-order valence-corrected chi connectivity index (χ4v) is 1.83. The highest BCUT2D eigenvalue weighted by Crippen LogP contribution is 2.08. The van der Waals surface area contributed by atoms with Crippen molar-refractivity contribution >= 4 is 11.9 Å². The normalized spacial score (nSPS) is 10.6. The van der Waals surface area contributed by atoms with Crippen molar-refractivity contribution in [1.29, 1.82) is 0 Å². The lowest BCUT2D eigenvalue weighted by atomic mass is 10.3. The number of hydrogen-bond acceptors (Lipinski definition) is 4. The Morgan fingerprint density at radius 3 is 2.55 bits per heavy atom. The average Bonchev–Trinajstić information content (AvgIpc) is 2.43. The van der Waals surface area contributed by atoms with Crippen LogP contribution in [0.25, 0.3) is 0 Å². The van der Waals surface area contributed by atoms with Crippen LogP contribution in [-0.4, -0.2) is 49.6 Å². The first-order valence-corrected chi connectivity index (χ1v) is 7.44. The fourth-order valence-electron chi connectivity index (χ4n) is 1.83. The number of nitrogens with one attached hydrogen (secondary N) is 2. The third-order valence-electron chi connectivity index (χ3n) is 2.78. The molecule has 122 valence electrons. The molecule has 0 spiro atoms. The van der Waals surface area contributed by atoms with E-state index in [9.17, 15) is 9.59 Å². The van der Waals surface area contributed by atoms with Gasteiger partial charge in [-0.3, -0.25) is 15.0 Å². The molecule has 0 saturated heterocycles. The van der Waals surface area contributed by atoms with Crippen molar-refractivity contribution in [2.45, 2.75) is 26.3 Å². The van der Waals surface area contributed by atoms with Gasteiger partial charge < -0.3 is 10.1 Å². The van der Waals surface area contributed by atoms with E-state index in [-0.39, 0.29) is 18.5 Å². The van der Waals surface area contributed by atoms with Gasteiger partial charge in [0.2, 0.25) is 5.91 Å². The number of likely N-dealkylation sites (N-methyl/N-ethyl adjacent to an activating group) is 1. The van der Waals surface area contributed by atoms with E-state index >= 15 is 0 Å². The minimum Gasteiger partial charge on any atom is -0.494 e. The lowest BCUT2D eigenvalue weighted by Crippen LogP contribution is -2.45. The molecule has 0 aliphatic carbocycles. The molecule has 0 radical (unpaired) electrons. The molecule has 2 N–H and O–H groups in total. The van der Waals surface area contributed by atoms with E-state index in [2.05, 4.69) is 10.6 Å². The van der Waals surface area contributed by atoms with E-state index in [1.807, 2.05) is 56.1 Å². The Hall–Kier alpha value is -2.08. The van der Waals surface area contributed by atoms with Crippen LogP contribution in [0.2, 0.25) is 0 Å². The SMILES string of the molecule is CC(C)NC(=O)NC(=O)CN(C)CCCOc1ccccc1. The van der Waals surface area contributed by atoms with Gasteiger partial charge in [0.25, 0.3) is 0 Å². The molecule has 0 aliphatic heterocycles. The highest BCUT2D eigenvalue weighted by atomic mass is 16.5. The Kier molecular flexibility index (Phi) is 7.99. The number of carbonyl (C=O) groups excluding carboxylic acids is 2.